The average molecular weight is 260 g/mol. The SMILES string of the molecule is Cc1ccc(NC(=O)c2ccc(F)cc2O)c(N)c1. The van der Waals surface area contributed by atoms with E-state index in [9.17, 15) is 14.3 Å². The molecule has 0 saturated heterocycles. The summed E-state index contributed by atoms with van der Waals surface area (Å²) in [7, 11) is 0. The van der Waals surface area contributed by atoms with Gasteiger partial charge in [-0.3, -0.25) is 4.79 Å². The van der Waals surface area contributed by atoms with Gasteiger partial charge in [-0.05, 0) is 36.8 Å². The van der Waals surface area contributed by atoms with Crippen LogP contribution in [0.2, 0.25) is 0 Å². The molecule has 0 atom stereocenters. The number of carbonyl (C=O) groups is 1. The van der Waals surface area contributed by atoms with Crippen LogP contribution in [-0.2, 0) is 0 Å². The van der Waals surface area contributed by atoms with Crippen LogP contribution in [0.1, 0.15) is 15.9 Å². The number of halogens is 1. The molecule has 0 fully saturated rings. The van der Waals surface area contributed by atoms with E-state index in [1.807, 2.05) is 6.92 Å². The molecule has 0 bridgehead atoms. The third-order valence-corrected chi connectivity index (χ3v) is 2.66. The minimum absolute atomic E-state index is 0.0126. The van der Waals surface area contributed by atoms with Crippen LogP contribution >= 0.6 is 0 Å². The fraction of sp³-hybridized carbons (Fsp3) is 0.0714. The van der Waals surface area contributed by atoms with Crippen molar-refractivity contribution >= 4 is 17.3 Å². The topological polar surface area (TPSA) is 75.3 Å². The van der Waals surface area contributed by atoms with Crippen molar-refractivity contribution in [3.8, 4) is 5.75 Å². The molecule has 0 aromatic heterocycles. The third-order valence-electron chi connectivity index (χ3n) is 2.66. The molecule has 0 heterocycles. The molecule has 0 aliphatic rings. The molecule has 1 amide bonds. The highest BCUT2D eigenvalue weighted by Crippen LogP contribution is 2.23. The van der Waals surface area contributed by atoms with Crippen molar-refractivity contribution < 1.29 is 14.3 Å². The van der Waals surface area contributed by atoms with Gasteiger partial charge in [-0.15, -0.1) is 0 Å². The zero-order valence-corrected chi connectivity index (χ0v) is 10.3. The van der Waals surface area contributed by atoms with Crippen molar-refractivity contribution in [1.82, 2.24) is 0 Å². The number of hydrogen-bond donors (Lipinski definition) is 3. The van der Waals surface area contributed by atoms with Gasteiger partial charge in [0.1, 0.15) is 11.6 Å². The van der Waals surface area contributed by atoms with Gasteiger partial charge < -0.3 is 16.2 Å². The van der Waals surface area contributed by atoms with Crippen LogP contribution in [0.5, 0.6) is 5.75 Å². The molecule has 0 unspecified atom stereocenters. The molecule has 0 saturated carbocycles. The van der Waals surface area contributed by atoms with Crippen molar-refractivity contribution in [1.29, 1.82) is 0 Å². The van der Waals surface area contributed by atoms with Crippen LogP contribution in [0.3, 0.4) is 0 Å². The minimum Gasteiger partial charge on any atom is -0.507 e. The molecule has 4 N–H and O–H groups in total. The Hall–Kier alpha value is -2.56. The number of nitrogens with one attached hydrogen (secondary N) is 1. The first-order valence-electron chi connectivity index (χ1n) is 5.63. The first kappa shape index (κ1) is 12.9. The molecule has 4 nitrogen and oxygen atoms in total. The molecular formula is C14H13FN2O2. The van der Waals surface area contributed by atoms with E-state index in [1.54, 1.807) is 18.2 Å². The number of hydrogen-bond acceptors (Lipinski definition) is 3. The van der Waals surface area contributed by atoms with E-state index in [2.05, 4.69) is 5.32 Å². The fourth-order valence-electron chi connectivity index (χ4n) is 1.68. The van der Waals surface area contributed by atoms with Crippen LogP contribution in [0.15, 0.2) is 36.4 Å². The smallest absolute Gasteiger partial charge is 0.259 e. The normalized spacial score (nSPS) is 10.2. The number of nitrogen functional groups attached to an aromatic ring is 1. The Kier molecular flexibility index (Phi) is 3.37. The lowest BCUT2D eigenvalue weighted by atomic mass is 10.1. The van der Waals surface area contributed by atoms with E-state index in [4.69, 9.17) is 5.73 Å². The Morgan fingerprint density at radius 2 is 2.00 bits per heavy atom. The fourth-order valence-corrected chi connectivity index (χ4v) is 1.68. The zero-order valence-electron chi connectivity index (χ0n) is 10.3. The van der Waals surface area contributed by atoms with E-state index in [0.717, 1.165) is 17.7 Å². The zero-order chi connectivity index (χ0) is 14.0. The second kappa shape index (κ2) is 4.97. The van der Waals surface area contributed by atoms with Gasteiger partial charge in [0.25, 0.3) is 5.91 Å². The number of nitrogens with two attached hydrogens (primary N) is 1. The van der Waals surface area contributed by atoms with Gasteiger partial charge in [0.2, 0.25) is 0 Å². The summed E-state index contributed by atoms with van der Waals surface area (Å²) in [6.07, 6.45) is 0. The number of rotatable bonds is 2. The van der Waals surface area contributed by atoms with Crippen molar-refractivity contribution in [3.63, 3.8) is 0 Å². The number of carbonyl (C=O) groups excluding carboxylic acids is 1. The maximum absolute atomic E-state index is 12.8. The third kappa shape index (κ3) is 2.82. The van der Waals surface area contributed by atoms with Crippen LogP contribution in [0.25, 0.3) is 0 Å². The standard InChI is InChI=1S/C14H13FN2O2/c1-8-2-5-12(11(16)6-8)17-14(19)10-4-3-9(15)7-13(10)18/h2-7,18H,16H2,1H3,(H,17,19). The van der Waals surface area contributed by atoms with Crippen LogP contribution in [0, 0.1) is 12.7 Å². The Morgan fingerprint density at radius 3 is 2.63 bits per heavy atom. The highest BCUT2D eigenvalue weighted by molar-refractivity contribution is 6.07. The summed E-state index contributed by atoms with van der Waals surface area (Å²) in [4.78, 5) is 11.9. The quantitative estimate of drug-likeness (QED) is 0.727. The number of benzene rings is 2. The molecule has 0 spiro atoms. The molecule has 2 aromatic carbocycles. The number of phenolic OH excluding ortho intramolecular Hbond substituents is 1. The Bertz CT molecular complexity index is 641. The predicted octanol–water partition coefficient (Wildman–Crippen LogP) is 2.67. The van der Waals surface area contributed by atoms with Crippen molar-refractivity contribution in [3.05, 3.63) is 53.3 Å². The Balaban J connectivity index is 2.25. The summed E-state index contributed by atoms with van der Waals surface area (Å²) in [5.74, 6) is -1.57. The van der Waals surface area contributed by atoms with Gasteiger partial charge in [0.05, 0.1) is 16.9 Å². The number of aromatic hydroxyl groups is 1. The van der Waals surface area contributed by atoms with E-state index in [0.29, 0.717) is 11.4 Å². The molecule has 98 valence electrons. The Labute approximate surface area is 109 Å². The van der Waals surface area contributed by atoms with Gasteiger partial charge in [-0.2, -0.15) is 0 Å². The van der Waals surface area contributed by atoms with Gasteiger partial charge in [-0.1, -0.05) is 6.07 Å². The van der Waals surface area contributed by atoms with E-state index >= 15 is 0 Å². The van der Waals surface area contributed by atoms with E-state index in [1.165, 1.54) is 6.07 Å². The largest absolute Gasteiger partial charge is 0.507 e. The summed E-state index contributed by atoms with van der Waals surface area (Å²) in [6.45, 7) is 1.88. The molecule has 0 aliphatic heterocycles. The summed E-state index contributed by atoms with van der Waals surface area (Å²) in [5.41, 5.74) is 7.60. The molecule has 0 aliphatic carbocycles. The first-order chi connectivity index (χ1) is 8.97. The lowest BCUT2D eigenvalue weighted by Gasteiger charge is -2.09. The summed E-state index contributed by atoms with van der Waals surface area (Å²) >= 11 is 0. The first-order valence-corrected chi connectivity index (χ1v) is 5.63. The number of amides is 1. The molecule has 2 rings (SSSR count). The van der Waals surface area contributed by atoms with Crippen LogP contribution < -0.4 is 11.1 Å². The summed E-state index contributed by atoms with van der Waals surface area (Å²) in [6, 6.07) is 8.39. The summed E-state index contributed by atoms with van der Waals surface area (Å²) < 4.78 is 12.8. The van der Waals surface area contributed by atoms with E-state index < -0.39 is 17.5 Å². The maximum Gasteiger partial charge on any atom is 0.259 e. The predicted molar refractivity (Wildman–Crippen MR) is 71.6 cm³/mol. The van der Waals surface area contributed by atoms with Crippen molar-refractivity contribution in [2.45, 2.75) is 6.92 Å². The molecule has 0 radical (unpaired) electrons. The number of aryl methyl sites for hydroxylation is 1. The van der Waals surface area contributed by atoms with Gasteiger partial charge in [0.15, 0.2) is 0 Å². The average Bonchev–Trinajstić information content (AvgIpc) is 2.32. The van der Waals surface area contributed by atoms with Gasteiger partial charge in [-0.25, -0.2) is 4.39 Å². The maximum atomic E-state index is 12.8. The monoisotopic (exact) mass is 260 g/mol. The lowest BCUT2D eigenvalue weighted by Crippen LogP contribution is -2.13. The van der Waals surface area contributed by atoms with Crippen molar-refractivity contribution in [2.24, 2.45) is 0 Å². The lowest BCUT2D eigenvalue weighted by molar-refractivity contribution is 0.102. The minimum atomic E-state index is -0.608. The molecule has 2 aromatic rings. The second-order valence-electron chi connectivity index (χ2n) is 4.21. The van der Waals surface area contributed by atoms with Crippen LogP contribution in [0.4, 0.5) is 15.8 Å². The Morgan fingerprint density at radius 1 is 1.26 bits per heavy atom. The van der Waals surface area contributed by atoms with E-state index in [-0.39, 0.29) is 5.56 Å². The van der Waals surface area contributed by atoms with Gasteiger partial charge >= 0.3 is 0 Å². The van der Waals surface area contributed by atoms with Crippen molar-refractivity contribution in [2.75, 3.05) is 11.1 Å². The number of anilines is 2. The van der Waals surface area contributed by atoms with Crippen LogP contribution in [-0.4, -0.2) is 11.0 Å². The highest BCUT2D eigenvalue weighted by Gasteiger charge is 2.13. The molecule has 5 heteroatoms. The van der Waals surface area contributed by atoms with Gasteiger partial charge in [0, 0.05) is 6.07 Å². The molecule has 19 heavy (non-hydrogen) atoms. The molecular weight excluding hydrogens is 247 g/mol. The highest BCUT2D eigenvalue weighted by atomic mass is 19.1. The second-order valence-corrected chi connectivity index (χ2v) is 4.21. The number of phenols is 1. The summed E-state index contributed by atoms with van der Waals surface area (Å²) in [5, 5.41) is 12.1.